The lowest BCUT2D eigenvalue weighted by molar-refractivity contribution is -0.121. The molecule has 1 aromatic heterocycles. The molecule has 0 spiro atoms. The van der Waals surface area contributed by atoms with Crippen molar-refractivity contribution < 1.29 is 23.2 Å². The van der Waals surface area contributed by atoms with E-state index in [-0.39, 0.29) is 42.1 Å². The molecule has 1 amide bonds. The summed E-state index contributed by atoms with van der Waals surface area (Å²) in [5.74, 6) is 1.26. The number of nitrogens with one attached hydrogen (secondary N) is 1. The molecule has 0 saturated carbocycles. The van der Waals surface area contributed by atoms with Crippen molar-refractivity contribution >= 4 is 5.91 Å². The van der Waals surface area contributed by atoms with Crippen molar-refractivity contribution in [3.63, 3.8) is 0 Å². The molecule has 3 aromatic rings. The highest BCUT2D eigenvalue weighted by atomic mass is 19.1. The number of nitrogens with zero attached hydrogens (tertiary/aromatic N) is 2. The number of benzene rings is 2. The summed E-state index contributed by atoms with van der Waals surface area (Å²) in [5.41, 5.74) is 1.18. The zero-order chi connectivity index (χ0) is 20.2. The van der Waals surface area contributed by atoms with E-state index in [9.17, 15) is 9.18 Å². The molecule has 7 nitrogen and oxygen atoms in total. The number of aromatic nitrogens is 2. The lowest BCUT2D eigenvalue weighted by Gasteiger charge is -2.21. The summed E-state index contributed by atoms with van der Waals surface area (Å²) < 4.78 is 30.0. The monoisotopic (exact) mass is 397 g/mol. The third-order valence-electron chi connectivity index (χ3n) is 4.59. The molecule has 1 N–H and O–H groups in total. The number of hydrogen-bond donors (Lipinski definition) is 1. The molecule has 8 heteroatoms. The SMILES string of the molecule is CC(NC(=O)CCc1nc(-c2ccccc2F)no1)c1ccc2c(c1)OCCO2. The summed E-state index contributed by atoms with van der Waals surface area (Å²) in [6.45, 7) is 2.94. The number of carbonyl (C=O) groups is 1. The molecular formula is C21H20FN3O4. The maximum Gasteiger partial charge on any atom is 0.227 e. The predicted octanol–water partition coefficient (Wildman–Crippen LogP) is 3.46. The van der Waals surface area contributed by atoms with Crippen LogP contribution in [0.3, 0.4) is 0 Å². The van der Waals surface area contributed by atoms with Gasteiger partial charge < -0.3 is 19.3 Å². The Balaban J connectivity index is 1.33. The van der Waals surface area contributed by atoms with Gasteiger partial charge in [-0.3, -0.25) is 4.79 Å². The van der Waals surface area contributed by atoms with Crippen LogP contribution in [0.15, 0.2) is 47.0 Å². The normalized spacial score (nSPS) is 13.7. The summed E-state index contributed by atoms with van der Waals surface area (Å²) in [4.78, 5) is 16.5. The molecule has 0 bridgehead atoms. The van der Waals surface area contributed by atoms with E-state index in [1.54, 1.807) is 18.2 Å². The van der Waals surface area contributed by atoms with E-state index in [0.29, 0.717) is 24.7 Å². The lowest BCUT2D eigenvalue weighted by atomic mass is 10.1. The number of ether oxygens (including phenoxy) is 2. The quantitative estimate of drug-likeness (QED) is 0.686. The van der Waals surface area contributed by atoms with Gasteiger partial charge in [-0.2, -0.15) is 4.98 Å². The number of halogens is 1. The molecule has 4 rings (SSSR count). The second-order valence-electron chi connectivity index (χ2n) is 6.68. The minimum atomic E-state index is -0.425. The van der Waals surface area contributed by atoms with Gasteiger partial charge in [0.05, 0.1) is 11.6 Å². The Bertz CT molecular complexity index is 1020. The average molecular weight is 397 g/mol. The Labute approximate surface area is 166 Å². The number of carbonyl (C=O) groups excluding carboxylic acids is 1. The third kappa shape index (κ3) is 4.37. The molecule has 29 heavy (non-hydrogen) atoms. The molecule has 150 valence electrons. The summed E-state index contributed by atoms with van der Waals surface area (Å²) >= 11 is 0. The minimum absolute atomic E-state index is 0.155. The highest BCUT2D eigenvalue weighted by Crippen LogP contribution is 2.32. The van der Waals surface area contributed by atoms with E-state index in [2.05, 4.69) is 15.5 Å². The van der Waals surface area contributed by atoms with E-state index in [1.807, 2.05) is 25.1 Å². The number of aryl methyl sites for hydroxylation is 1. The molecule has 0 aliphatic carbocycles. The van der Waals surface area contributed by atoms with Crippen molar-refractivity contribution in [1.29, 1.82) is 0 Å². The molecule has 1 aliphatic rings. The number of fused-ring (bicyclic) bond motifs is 1. The number of rotatable bonds is 6. The van der Waals surface area contributed by atoms with Gasteiger partial charge in [0.2, 0.25) is 17.6 Å². The Morgan fingerprint density at radius 2 is 1.97 bits per heavy atom. The van der Waals surface area contributed by atoms with Crippen LogP contribution in [0.2, 0.25) is 0 Å². The highest BCUT2D eigenvalue weighted by molar-refractivity contribution is 5.76. The number of hydrogen-bond acceptors (Lipinski definition) is 6. The first-order chi connectivity index (χ1) is 14.1. The van der Waals surface area contributed by atoms with Crippen LogP contribution in [0.4, 0.5) is 4.39 Å². The van der Waals surface area contributed by atoms with Gasteiger partial charge in [0.15, 0.2) is 11.5 Å². The molecule has 2 heterocycles. The summed E-state index contributed by atoms with van der Waals surface area (Å²) in [6, 6.07) is 11.6. The van der Waals surface area contributed by atoms with E-state index in [4.69, 9.17) is 14.0 Å². The van der Waals surface area contributed by atoms with Gasteiger partial charge in [-0.05, 0) is 36.8 Å². The smallest absolute Gasteiger partial charge is 0.227 e. The van der Waals surface area contributed by atoms with E-state index in [0.717, 1.165) is 5.56 Å². The fourth-order valence-electron chi connectivity index (χ4n) is 3.06. The van der Waals surface area contributed by atoms with Crippen LogP contribution in [-0.4, -0.2) is 29.3 Å². The van der Waals surface area contributed by atoms with Gasteiger partial charge in [-0.25, -0.2) is 4.39 Å². The van der Waals surface area contributed by atoms with Gasteiger partial charge in [-0.15, -0.1) is 0 Å². The fraction of sp³-hybridized carbons (Fsp3) is 0.286. The van der Waals surface area contributed by atoms with Gasteiger partial charge in [-0.1, -0.05) is 23.4 Å². The average Bonchev–Trinajstić information content (AvgIpc) is 3.21. The molecule has 1 unspecified atom stereocenters. The number of amides is 1. The van der Waals surface area contributed by atoms with E-state index < -0.39 is 5.82 Å². The van der Waals surface area contributed by atoms with Gasteiger partial charge in [0.25, 0.3) is 0 Å². The van der Waals surface area contributed by atoms with Gasteiger partial charge >= 0.3 is 0 Å². The topological polar surface area (TPSA) is 86.5 Å². The van der Waals surface area contributed by atoms with Crippen LogP contribution < -0.4 is 14.8 Å². The second kappa shape index (κ2) is 8.30. The zero-order valence-corrected chi connectivity index (χ0v) is 15.9. The van der Waals surface area contributed by atoms with Crippen LogP contribution in [0.1, 0.15) is 30.8 Å². The maximum atomic E-state index is 13.8. The van der Waals surface area contributed by atoms with Crippen molar-refractivity contribution in [3.05, 3.63) is 59.7 Å². The largest absolute Gasteiger partial charge is 0.486 e. The van der Waals surface area contributed by atoms with Crippen molar-refractivity contribution in [2.75, 3.05) is 13.2 Å². The Morgan fingerprint density at radius 3 is 2.79 bits per heavy atom. The van der Waals surface area contributed by atoms with Gasteiger partial charge in [0, 0.05) is 12.8 Å². The van der Waals surface area contributed by atoms with Crippen LogP contribution in [0.25, 0.3) is 11.4 Å². The molecular weight excluding hydrogens is 377 g/mol. The second-order valence-corrected chi connectivity index (χ2v) is 6.68. The Morgan fingerprint density at radius 1 is 1.17 bits per heavy atom. The first-order valence-corrected chi connectivity index (χ1v) is 9.36. The van der Waals surface area contributed by atoms with Crippen molar-refractivity contribution in [3.8, 4) is 22.9 Å². The molecule has 0 saturated heterocycles. The lowest BCUT2D eigenvalue weighted by Crippen LogP contribution is -2.27. The van der Waals surface area contributed by atoms with Crippen molar-refractivity contribution in [2.45, 2.75) is 25.8 Å². The Hall–Kier alpha value is -3.42. The highest BCUT2D eigenvalue weighted by Gasteiger charge is 2.17. The van der Waals surface area contributed by atoms with Crippen LogP contribution in [0.5, 0.6) is 11.5 Å². The molecule has 0 radical (unpaired) electrons. The molecule has 0 fully saturated rings. The van der Waals surface area contributed by atoms with Crippen LogP contribution in [-0.2, 0) is 11.2 Å². The van der Waals surface area contributed by atoms with Gasteiger partial charge in [0.1, 0.15) is 19.0 Å². The first-order valence-electron chi connectivity index (χ1n) is 9.36. The third-order valence-corrected chi connectivity index (χ3v) is 4.59. The van der Waals surface area contributed by atoms with E-state index in [1.165, 1.54) is 6.07 Å². The molecule has 2 aromatic carbocycles. The minimum Gasteiger partial charge on any atom is -0.486 e. The predicted molar refractivity (Wildman–Crippen MR) is 102 cm³/mol. The van der Waals surface area contributed by atoms with Crippen LogP contribution >= 0.6 is 0 Å². The molecule has 1 atom stereocenters. The summed E-state index contributed by atoms with van der Waals surface area (Å²) in [7, 11) is 0. The van der Waals surface area contributed by atoms with Crippen LogP contribution in [0, 0.1) is 5.82 Å². The molecule has 1 aliphatic heterocycles. The fourth-order valence-corrected chi connectivity index (χ4v) is 3.06. The van der Waals surface area contributed by atoms with Crippen molar-refractivity contribution in [1.82, 2.24) is 15.5 Å². The van der Waals surface area contributed by atoms with E-state index >= 15 is 0 Å². The zero-order valence-electron chi connectivity index (χ0n) is 15.9. The standard InChI is InChI=1S/C21H20FN3O4/c1-13(14-6-7-17-18(12-14)28-11-10-27-17)23-19(26)8-9-20-24-21(25-29-20)15-4-2-3-5-16(15)22/h2-7,12-13H,8-11H2,1H3,(H,23,26). The summed E-state index contributed by atoms with van der Waals surface area (Å²) in [5, 5.41) is 6.73. The van der Waals surface area contributed by atoms with Crippen molar-refractivity contribution in [2.24, 2.45) is 0 Å². The maximum absolute atomic E-state index is 13.8. The first kappa shape index (κ1) is 18.9. The summed E-state index contributed by atoms with van der Waals surface area (Å²) in [6.07, 6.45) is 0.439. The Kier molecular flexibility index (Phi) is 5.41.